The number of fused-ring (bicyclic) bond motifs is 1. The van der Waals surface area contributed by atoms with Crippen LogP contribution in [0.25, 0.3) is 22.3 Å². The highest BCUT2D eigenvalue weighted by Crippen LogP contribution is 2.28. The van der Waals surface area contributed by atoms with E-state index in [0.717, 1.165) is 10.9 Å². The van der Waals surface area contributed by atoms with E-state index in [1.165, 1.54) is 24.3 Å². The number of nitrogens with one attached hydrogen (secondary N) is 1. The Morgan fingerprint density at radius 1 is 0.964 bits per heavy atom. The van der Waals surface area contributed by atoms with Gasteiger partial charge < -0.3 is 5.73 Å². The van der Waals surface area contributed by atoms with Gasteiger partial charge in [0.2, 0.25) is 0 Å². The molecule has 0 spiro atoms. The highest BCUT2D eigenvalue weighted by atomic mass is 32.2. The minimum atomic E-state index is -3.86. The van der Waals surface area contributed by atoms with Crippen molar-refractivity contribution in [2.45, 2.75) is 11.8 Å². The number of aryl methyl sites for hydroxylation is 1. The molecule has 0 unspecified atom stereocenters. The molecule has 3 aromatic heterocycles. The molecular weight excluding hydrogens is 374 g/mol. The summed E-state index contributed by atoms with van der Waals surface area (Å²) in [5.74, 6) is 0.148. The van der Waals surface area contributed by atoms with Crippen molar-refractivity contribution < 1.29 is 8.42 Å². The third kappa shape index (κ3) is 3.37. The van der Waals surface area contributed by atoms with Crippen LogP contribution in [0.1, 0.15) is 5.56 Å². The molecule has 4 aromatic rings. The van der Waals surface area contributed by atoms with Crippen molar-refractivity contribution in [3.8, 4) is 11.4 Å². The van der Waals surface area contributed by atoms with E-state index in [1.54, 1.807) is 18.5 Å². The Labute approximate surface area is 162 Å². The number of hydrogen-bond donors (Lipinski definition) is 2. The van der Waals surface area contributed by atoms with Crippen molar-refractivity contribution >= 4 is 32.4 Å². The molecule has 0 aliphatic rings. The highest BCUT2D eigenvalue weighted by Gasteiger charge is 2.19. The quantitative estimate of drug-likeness (QED) is 0.516. The third-order valence-corrected chi connectivity index (χ3v) is 5.62. The van der Waals surface area contributed by atoms with Gasteiger partial charge in [-0.05, 0) is 55.0 Å². The Hall–Kier alpha value is -3.52. The van der Waals surface area contributed by atoms with Gasteiger partial charge in [-0.1, -0.05) is 12.1 Å². The van der Waals surface area contributed by atoms with Crippen molar-refractivity contribution in [1.29, 1.82) is 0 Å². The molecule has 3 heterocycles. The molecule has 0 bridgehead atoms. The number of nitrogens with zero attached hydrogens (tertiary/aromatic N) is 3. The van der Waals surface area contributed by atoms with Crippen LogP contribution in [0.15, 0.2) is 71.9 Å². The zero-order chi connectivity index (χ0) is 19.7. The van der Waals surface area contributed by atoms with E-state index in [2.05, 4.69) is 19.7 Å². The molecule has 0 amide bonds. The maximum absolute atomic E-state index is 12.8. The number of benzene rings is 1. The zero-order valence-electron chi connectivity index (χ0n) is 15.0. The lowest BCUT2D eigenvalue weighted by molar-refractivity contribution is 0.601. The summed E-state index contributed by atoms with van der Waals surface area (Å²) < 4.78 is 28.2. The van der Waals surface area contributed by atoms with Gasteiger partial charge in [0.05, 0.1) is 16.3 Å². The topological polar surface area (TPSA) is 111 Å². The maximum atomic E-state index is 12.8. The van der Waals surface area contributed by atoms with E-state index < -0.39 is 10.0 Å². The predicted octanol–water partition coefficient (Wildman–Crippen LogP) is 3.38. The Morgan fingerprint density at radius 2 is 1.68 bits per heavy atom. The number of aromatic nitrogens is 3. The summed E-state index contributed by atoms with van der Waals surface area (Å²) in [7, 11) is -3.86. The van der Waals surface area contributed by atoms with Gasteiger partial charge in [0.15, 0.2) is 5.82 Å². The molecule has 4 rings (SSSR count). The fourth-order valence-corrected chi connectivity index (χ4v) is 3.87. The molecular formula is C20H17N5O2S. The maximum Gasteiger partial charge on any atom is 0.263 e. The average Bonchev–Trinajstić information content (AvgIpc) is 2.68. The minimum Gasteiger partial charge on any atom is -0.399 e. The van der Waals surface area contributed by atoms with Gasteiger partial charge in [0.25, 0.3) is 10.0 Å². The molecule has 0 saturated carbocycles. The first-order chi connectivity index (χ1) is 13.4. The fourth-order valence-electron chi connectivity index (χ4n) is 2.86. The normalized spacial score (nSPS) is 11.5. The Kier molecular flexibility index (Phi) is 4.40. The van der Waals surface area contributed by atoms with Crippen LogP contribution in [0.3, 0.4) is 0 Å². The van der Waals surface area contributed by atoms with Crippen LogP contribution in [-0.2, 0) is 10.0 Å². The largest absolute Gasteiger partial charge is 0.399 e. The van der Waals surface area contributed by atoms with E-state index >= 15 is 0 Å². The lowest BCUT2D eigenvalue weighted by atomic mass is 10.1. The molecule has 28 heavy (non-hydrogen) atoms. The second-order valence-electron chi connectivity index (χ2n) is 6.27. The summed E-state index contributed by atoms with van der Waals surface area (Å²) in [5, 5.41) is 0.757. The molecule has 7 nitrogen and oxygen atoms in total. The van der Waals surface area contributed by atoms with E-state index in [9.17, 15) is 8.42 Å². The fraction of sp³-hybridized carbons (Fsp3) is 0.0500. The summed E-state index contributed by atoms with van der Waals surface area (Å²) in [6, 6.07) is 15.2. The van der Waals surface area contributed by atoms with Gasteiger partial charge in [-0.15, -0.1) is 0 Å². The van der Waals surface area contributed by atoms with Gasteiger partial charge in [-0.3, -0.25) is 14.7 Å². The average molecular weight is 391 g/mol. The number of sulfonamides is 1. The Bertz CT molecular complexity index is 1270. The standard InChI is InChI=1S/C20H17N5O2S/c1-13-4-2-10-22-18(13)17-12-14-5-3-11-23-19(14)20(24-17)25-28(26,27)16-8-6-15(21)7-9-16/h2-12H,21H2,1H3,(H,24,25). The molecule has 3 N–H and O–H groups in total. The van der Waals surface area contributed by atoms with Gasteiger partial charge in [-0.25, -0.2) is 13.4 Å². The molecule has 0 fully saturated rings. The van der Waals surface area contributed by atoms with Gasteiger partial charge in [0, 0.05) is 23.5 Å². The lowest BCUT2D eigenvalue weighted by Gasteiger charge is -2.12. The molecule has 8 heteroatoms. The van der Waals surface area contributed by atoms with Crippen LogP contribution >= 0.6 is 0 Å². The highest BCUT2D eigenvalue weighted by molar-refractivity contribution is 7.92. The third-order valence-electron chi connectivity index (χ3n) is 4.26. The van der Waals surface area contributed by atoms with Crippen LogP contribution in [0, 0.1) is 6.92 Å². The molecule has 0 saturated heterocycles. The lowest BCUT2D eigenvalue weighted by Crippen LogP contribution is -2.15. The van der Waals surface area contributed by atoms with Crippen molar-refractivity contribution in [2.75, 3.05) is 10.5 Å². The monoisotopic (exact) mass is 391 g/mol. The first-order valence-corrected chi connectivity index (χ1v) is 9.98. The number of anilines is 2. The van der Waals surface area contributed by atoms with Crippen molar-refractivity contribution in [3.63, 3.8) is 0 Å². The number of nitrogens with two attached hydrogens (primary N) is 1. The Morgan fingerprint density at radius 3 is 2.43 bits per heavy atom. The Balaban J connectivity index is 1.86. The van der Waals surface area contributed by atoms with Crippen molar-refractivity contribution in [1.82, 2.24) is 15.0 Å². The molecule has 0 radical (unpaired) electrons. The van der Waals surface area contributed by atoms with Crippen molar-refractivity contribution in [2.24, 2.45) is 0 Å². The first-order valence-electron chi connectivity index (χ1n) is 8.50. The first kappa shape index (κ1) is 17.9. The smallest absolute Gasteiger partial charge is 0.263 e. The van der Waals surface area contributed by atoms with E-state index in [0.29, 0.717) is 22.6 Å². The van der Waals surface area contributed by atoms with E-state index in [-0.39, 0.29) is 10.7 Å². The summed E-state index contributed by atoms with van der Waals surface area (Å²) in [6.07, 6.45) is 3.27. The number of nitrogen functional groups attached to an aromatic ring is 1. The SMILES string of the molecule is Cc1cccnc1-c1cc2cccnc2c(NS(=O)(=O)c2ccc(N)cc2)n1. The summed E-state index contributed by atoms with van der Waals surface area (Å²) in [6.45, 7) is 1.93. The van der Waals surface area contributed by atoms with E-state index in [4.69, 9.17) is 5.73 Å². The van der Waals surface area contributed by atoms with E-state index in [1.807, 2.05) is 31.2 Å². The number of pyridine rings is 3. The van der Waals surface area contributed by atoms with Crippen LogP contribution in [0.5, 0.6) is 0 Å². The van der Waals surface area contributed by atoms with Crippen LogP contribution in [-0.4, -0.2) is 23.4 Å². The van der Waals surface area contributed by atoms with Gasteiger partial charge in [-0.2, -0.15) is 0 Å². The summed E-state index contributed by atoms with van der Waals surface area (Å²) >= 11 is 0. The molecule has 140 valence electrons. The van der Waals surface area contributed by atoms with Crippen LogP contribution in [0.4, 0.5) is 11.5 Å². The molecule has 0 aliphatic carbocycles. The minimum absolute atomic E-state index is 0.0898. The number of rotatable bonds is 4. The summed E-state index contributed by atoms with van der Waals surface area (Å²) in [4.78, 5) is 13.3. The van der Waals surface area contributed by atoms with Crippen molar-refractivity contribution in [3.05, 3.63) is 72.6 Å². The van der Waals surface area contributed by atoms with Gasteiger partial charge >= 0.3 is 0 Å². The van der Waals surface area contributed by atoms with Gasteiger partial charge in [0.1, 0.15) is 5.52 Å². The number of hydrogen-bond acceptors (Lipinski definition) is 6. The molecule has 0 aliphatic heterocycles. The second-order valence-corrected chi connectivity index (χ2v) is 7.96. The zero-order valence-corrected chi connectivity index (χ0v) is 15.8. The summed E-state index contributed by atoms with van der Waals surface area (Å²) in [5.41, 5.74) is 8.77. The molecule has 1 aromatic carbocycles. The van der Waals surface area contributed by atoms with Crippen LogP contribution in [0.2, 0.25) is 0 Å². The molecule has 0 atom stereocenters. The second kappa shape index (κ2) is 6.90. The van der Waals surface area contributed by atoms with Crippen LogP contribution < -0.4 is 10.5 Å². The predicted molar refractivity (Wildman–Crippen MR) is 109 cm³/mol.